The van der Waals surface area contributed by atoms with Crippen molar-refractivity contribution < 1.29 is 9.18 Å². The summed E-state index contributed by atoms with van der Waals surface area (Å²) in [5, 5.41) is 2.91. The van der Waals surface area contributed by atoms with Crippen LogP contribution in [0.4, 0.5) is 10.1 Å². The van der Waals surface area contributed by atoms with Crippen LogP contribution in [-0.4, -0.2) is 15.0 Å². The smallest absolute Gasteiger partial charge is 0.271 e. The zero-order valence-electron chi connectivity index (χ0n) is 20.4. The molecule has 1 N–H and O–H groups in total. The predicted octanol–water partition coefficient (Wildman–Crippen LogP) is 3.97. The van der Waals surface area contributed by atoms with E-state index in [0.29, 0.717) is 31.9 Å². The zero-order chi connectivity index (χ0) is 25.6. The maximum absolute atomic E-state index is 13.8. The number of fused-ring (bicyclic) bond motifs is 1. The van der Waals surface area contributed by atoms with Gasteiger partial charge in [-0.1, -0.05) is 41.7 Å². The molecule has 2 aromatic heterocycles. The summed E-state index contributed by atoms with van der Waals surface area (Å²) in [7, 11) is 1.99. The Bertz CT molecular complexity index is 1690. The van der Waals surface area contributed by atoms with Gasteiger partial charge in [0.1, 0.15) is 5.82 Å². The molecule has 182 valence electrons. The van der Waals surface area contributed by atoms with E-state index in [9.17, 15) is 14.0 Å². The molecular formula is C28H25FN4O2S. The Hall–Kier alpha value is -4.04. The van der Waals surface area contributed by atoms with Gasteiger partial charge in [0.2, 0.25) is 0 Å². The van der Waals surface area contributed by atoms with Gasteiger partial charge >= 0.3 is 0 Å². The van der Waals surface area contributed by atoms with Gasteiger partial charge < -0.3 is 9.88 Å². The lowest BCUT2D eigenvalue weighted by Crippen LogP contribution is -2.40. The van der Waals surface area contributed by atoms with E-state index in [2.05, 4.69) is 14.9 Å². The average Bonchev–Trinajstić information content (AvgIpc) is 3.29. The number of anilines is 1. The molecule has 4 aromatic rings. The van der Waals surface area contributed by atoms with Crippen molar-refractivity contribution in [3.63, 3.8) is 0 Å². The molecule has 0 fully saturated rings. The lowest BCUT2D eigenvalue weighted by atomic mass is 9.95. The minimum absolute atomic E-state index is 0.244. The number of para-hydroxylation sites is 1. The van der Waals surface area contributed by atoms with Gasteiger partial charge in [-0.15, -0.1) is 0 Å². The van der Waals surface area contributed by atoms with Gasteiger partial charge in [-0.3, -0.25) is 14.2 Å². The molecule has 36 heavy (non-hydrogen) atoms. The number of carbonyl (C=O) groups excluding carboxylic acids is 1. The third-order valence-electron chi connectivity index (χ3n) is 6.58. The van der Waals surface area contributed by atoms with Crippen LogP contribution in [0.15, 0.2) is 81.7 Å². The third-order valence-corrected chi connectivity index (χ3v) is 7.57. The molecule has 3 heterocycles. The van der Waals surface area contributed by atoms with Crippen LogP contribution in [0.5, 0.6) is 0 Å². The van der Waals surface area contributed by atoms with Gasteiger partial charge in [-0.2, -0.15) is 0 Å². The molecule has 0 saturated carbocycles. The molecule has 0 spiro atoms. The Morgan fingerprint density at radius 1 is 1.08 bits per heavy atom. The second-order valence-corrected chi connectivity index (χ2v) is 9.85. The quantitative estimate of drug-likeness (QED) is 0.461. The molecule has 2 aromatic carbocycles. The van der Waals surface area contributed by atoms with Crippen LogP contribution in [0.3, 0.4) is 0 Å². The van der Waals surface area contributed by atoms with Crippen molar-refractivity contribution >= 4 is 29.0 Å². The Balaban J connectivity index is 1.69. The lowest BCUT2D eigenvalue weighted by Gasteiger charge is -2.25. The number of thiazole rings is 1. The number of nitrogens with zero attached hydrogens (tertiary/aromatic N) is 3. The van der Waals surface area contributed by atoms with Gasteiger partial charge in [0.05, 0.1) is 21.8 Å². The molecule has 1 atom stereocenters. The van der Waals surface area contributed by atoms with Crippen molar-refractivity contribution in [1.82, 2.24) is 9.13 Å². The van der Waals surface area contributed by atoms with E-state index < -0.39 is 11.9 Å². The number of hydrogen-bond acceptors (Lipinski definition) is 4. The number of aryl methyl sites for hydroxylation is 1. The number of hydrogen-bond donors (Lipinski definition) is 1. The van der Waals surface area contributed by atoms with Crippen molar-refractivity contribution in [3.05, 3.63) is 120 Å². The number of carbonyl (C=O) groups is 1. The van der Waals surface area contributed by atoms with E-state index in [4.69, 9.17) is 0 Å². The standard InChI is InChI=1S/C28H25FN4O2S/c1-16-14-20(18(3)32(16)4)15-23-27(35)33-25(19-10-12-21(29)13-11-19)24(17(2)30-28(33)36-23)26(34)31-22-8-6-5-7-9-22/h5-15,25H,1-4H3,(H,31,34)/b23-15+/t25-/m0/s1. The van der Waals surface area contributed by atoms with Crippen molar-refractivity contribution in [2.75, 3.05) is 5.32 Å². The minimum Gasteiger partial charge on any atom is -0.352 e. The topological polar surface area (TPSA) is 68.4 Å². The number of rotatable bonds is 4. The van der Waals surface area contributed by atoms with Crippen molar-refractivity contribution in [2.24, 2.45) is 12.0 Å². The fourth-order valence-corrected chi connectivity index (χ4v) is 5.50. The Morgan fingerprint density at radius 2 is 1.78 bits per heavy atom. The number of nitrogens with one attached hydrogen (secondary N) is 1. The normalized spacial score (nSPS) is 15.6. The Morgan fingerprint density at radius 3 is 2.42 bits per heavy atom. The number of aromatic nitrogens is 2. The van der Waals surface area contributed by atoms with Crippen molar-refractivity contribution in [2.45, 2.75) is 26.8 Å². The van der Waals surface area contributed by atoms with Crippen LogP contribution >= 0.6 is 11.3 Å². The molecule has 5 rings (SSSR count). The van der Waals surface area contributed by atoms with Gasteiger partial charge in [0, 0.05) is 24.1 Å². The molecule has 1 aliphatic heterocycles. The summed E-state index contributed by atoms with van der Waals surface area (Å²) in [4.78, 5) is 32.4. The van der Waals surface area contributed by atoms with E-state index in [1.807, 2.05) is 51.2 Å². The molecular weight excluding hydrogens is 475 g/mol. The minimum atomic E-state index is -0.744. The monoisotopic (exact) mass is 500 g/mol. The maximum Gasteiger partial charge on any atom is 0.271 e. The highest BCUT2D eigenvalue weighted by Gasteiger charge is 2.32. The fraction of sp³-hybridized carbons (Fsp3) is 0.179. The highest BCUT2D eigenvalue weighted by atomic mass is 32.1. The number of benzene rings is 2. The summed E-state index contributed by atoms with van der Waals surface area (Å²) in [6.07, 6.45) is 1.87. The summed E-state index contributed by atoms with van der Waals surface area (Å²) in [6.45, 7) is 5.78. The van der Waals surface area contributed by atoms with Crippen LogP contribution < -0.4 is 20.2 Å². The molecule has 1 aliphatic rings. The zero-order valence-corrected chi connectivity index (χ0v) is 21.2. The number of allylic oxidation sites excluding steroid dienone is 1. The van der Waals surface area contributed by atoms with Crippen LogP contribution in [0.1, 0.15) is 35.5 Å². The molecule has 0 radical (unpaired) electrons. The molecule has 6 nitrogen and oxygen atoms in total. The molecule has 8 heteroatoms. The van der Waals surface area contributed by atoms with Crippen LogP contribution in [0.2, 0.25) is 0 Å². The van der Waals surface area contributed by atoms with E-state index >= 15 is 0 Å². The Kier molecular flexibility index (Phi) is 6.05. The first-order valence-corrected chi connectivity index (χ1v) is 12.3. The maximum atomic E-state index is 13.8. The average molecular weight is 501 g/mol. The van der Waals surface area contributed by atoms with Crippen LogP contribution in [0, 0.1) is 19.7 Å². The van der Waals surface area contributed by atoms with E-state index in [0.717, 1.165) is 17.0 Å². The number of halogens is 1. The molecule has 0 saturated heterocycles. The van der Waals surface area contributed by atoms with E-state index in [1.54, 1.807) is 35.8 Å². The first-order chi connectivity index (χ1) is 17.2. The largest absolute Gasteiger partial charge is 0.352 e. The highest BCUT2D eigenvalue weighted by molar-refractivity contribution is 7.07. The summed E-state index contributed by atoms with van der Waals surface area (Å²) >= 11 is 1.28. The summed E-state index contributed by atoms with van der Waals surface area (Å²) in [6, 6.07) is 16.3. The van der Waals surface area contributed by atoms with Crippen LogP contribution in [-0.2, 0) is 11.8 Å². The second-order valence-electron chi connectivity index (χ2n) is 8.84. The fourth-order valence-electron chi connectivity index (χ4n) is 4.46. The van der Waals surface area contributed by atoms with Gasteiger partial charge in [-0.25, -0.2) is 9.38 Å². The lowest BCUT2D eigenvalue weighted by molar-refractivity contribution is -0.113. The SMILES string of the molecule is CC1=C(C(=O)Nc2ccccc2)[C@H](c2ccc(F)cc2)n2c(s/c(=C/c3cc(C)n(C)c3C)c2=O)=N1. The third kappa shape index (κ3) is 4.13. The van der Waals surface area contributed by atoms with Gasteiger partial charge in [-0.05, 0) is 68.3 Å². The second kappa shape index (κ2) is 9.20. The summed E-state index contributed by atoms with van der Waals surface area (Å²) in [5.74, 6) is -0.752. The first kappa shape index (κ1) is 23.7. The van der Waals surface area contributed by atoms with Gasteiger partial charge in [0.25, 0.3) is 11.5 Å². The summed E-state index contributed by atoms with van der Waals surface area (Å²) < 4.78 is 17.9. The first-order valence-electron chi connectivity index (χ1n) is 11.5. The summed E-state index contributed by atoms with van der Waals surface area (Å²) in [5.41, 5.74) is 4.96. The number of amides is 1. The molecule has 0 bridgehead atoms. The van der Waals surface area contributed by atoms with E-state index in [1.165, 1.54) is 23.5 Å². The predicted molar refractivity (Wildman–Crippen MR) is 140 cm³/mol. The molecule has 1 amide bonds. The molecule has 0 aliphatic carbocycles. The van der Waals surface area contributed by atoms with E-state index in [-0.39, 0.29) is 11.5 Å². The van der Waals surface area contributed by atoms with Crippen molar-refractivity contribution in [3.8, 4) is 0 Å². The molecule has 0 unspecified atom stereocenters. The van der Waals surface area contributed by atoms with Crippen molar-refractivity contribution in [1.29, 1.82) is 0 Å². The Labute approximate surface area is 211 Å². The highest BCUT2D eigenvalue weighted by Crippen LogP contribution is 2.31. The van der Waals surface area contributed by atoms with Gasteiger partial charge in [0.15, 0.2) is 4.80 Å². The van der Waals surface area contributed by atoms with Crippen LogP contribution in [0.25, 0.3) is 6.08 Å².